The molecule has 0 aromatic carbocycles. The molecule has 6 heteroatoms. The van der Waals surface area contributed by atoms with Crippen LogP contribution in [0.25, 0.3) is 0 Å². The Kier molecular flexibility index (Phi) is 54.9. The molecule has 1 unspecified atom stereocenters. The fourth-order valence-corrected chi connectivity index (χ4v) is 7.67. The molecule has 0 bridgehead atoms. The van der Waals surface area contributed by atoms with E-state index in [9.17, 15) is 14.4 Å². The minimum absolute atomic E-state index is 0.0959. The number of rotatable bonds is 51. The lowest BCUT2D eigenvalue weighted by molar-refractivity contribution is -0.167. The highest BCUT2D eigenvalue weighted by Gasteiger charge is 2.19. The van der Waals surface area contributed by atoms with E-state index in [0.717, 1.165) is 116 Å². The number of carbonyl (C=O) groups is 3. The summed E-state index contributed by atoms with van der Waals surface area (Å²) in [6.07, 6.45) is 80.8. The van der Waals surface area contributed by atoms with Crippen molar-refractivity contribution >= 4 is 17.9 Å². The molecular formula is C65H106O6. The molecule has 6 nitrogen and oxygen atoms in total. The molecule has 0 radical (unpaired) electrons. The Bertz CT molecular complexity index is 1500. The highest BCUT2D eigenvalue weighted by molar-refractivity contribution is 5.71. The fourth-order valence-electron chi connectivity index (χ4n) is 7.67. The van der Waals surface area contributed by atoms with E-state index in [1.807, 2.05) is 0 Å². The average Bonchev–Trinajstić information content (AvgIpc) is 3.37. The van der Waals surface area contributed by atoms with Crippen molar-refractivity contribution in [2.24, 2.45) is 0 Å². The maximum atomic E-state index is 12.8. The zero-order valence-corrected chi connectivity index (χ0v) is 45.9. The molecule has 0 saturated carbocycles. The van der Waals surface area contributed by atoms with Crippen LogP contribution < -0.4 is 0 Å². The van der Waals surface area contributed by atoms with Crippen LogP contribution in [0.1, 0.15) is 252 Å². The lowest BCUT2D eigenvalue weighted by atomic mass is 10.0. The van der Waals surface area contributed by atoms with Gasteiger partial charge in [0.2, 0.25) is 0 Å². The SMILES string of the molecule is CC/C=C\C/C=C\C/C=C\C/C=C\C/C=C\C/C=C\CCCCCCCCCCCCCCC(=O)OCC(COC(=O)CCCCCCCCC)OC(=O)CCCC/C=C\C/C=C\C/C=C\C/C=C\CC. The second-order valence-electron chi connectivity index (χ2n) is 18.8. The van der Waals surface area contributed by atoms with Crippen molar-refractivity contribution in [3.8, 4) is 0 Å². The van der Waals surface area contributed by atoms with Gasteiger partial charge in [-0.15, -0.1) is 0 Å². The summed E-state index contributed by atoms with van der Waals surface area (Å²) in [4.78, 5) is 37.9. The van der Waals surface area contributed by atoms with Gasteiger partial charge in [-0.25, -0.2) is 0 Å². The summed E-state index contributed by atoms with van der Waals surface area (Å²) in [5, 5.41) is 0. The quantitative estimate of drug-likeness (QED) is 0.0261. The predicted octanol–water partition coefficient (Wildman–Crippen LogP) is 19.6. The van der Waals surface area contributed by atoms with Gasteiger partial charge in [0.1, 0.15) is 13.2 Å². The largest absolute Gasteiger partial charge is 0.462 e. The van der Waals surface area contributed by atoms with Gasteiger partial charge < -0.3 is 14.2 Å². The van der Waals surface area contributed by atoms with Crippen LogP contribution in [-0.2, 0) is 28.6 Å². The molecular weight excluding hydrogens is 877 g/mol. The summed E-state index contributed by atoms with van der Waals surface area (Å²) < 4.78 is 16.7. The molecule has 0 aromatic rings. The normalized spacial score (nSPS) is 13.0. The third-order valence-corrected chi connectivity index (χ3v) is 12.0. The number of allylic oxidation sites excluding steroid dienone is 20. The number of hydrogen-bond acceptors (Lipinski definition) is 6. The first-order chi connectivity index (χ1) is 35.0. The third kappa shape index (κ3) is 56.6. The number of carbonyl (C=O) groups excluding carboxylic acids is 3. The summed E-state index contributed by atoms with van der Waals surface area (Å²) in [5.41, 5.74) is 0. The molecule has 402 valence electrons. The van der Waals surface area contributed by atoms with E-state index < -0.39 is 6.10 Å². The molecule has 0 amide bonds. The smallest absolute Gasteiger partial charge is 0.306 e. The van der Waals surface area contributed by atoms with E-state index in [-0.39, 0.29) is 37.5 Å². The molecule has 0 aromatic heterocycles. The second-order valence-corrected chi connectivity index (χ2v) is 18.8. The van der Waals surface area contributed by atoms with Crippen LogP contribution in [0.15, 0.2) is 122 Å². The molecule has 0 rings (SSSR count). The Morgan fingerprint density at radius 2 is 0.549 bits per heavy atom. The maximum Gasteiger partial charge on any atom is 0.306 e. The third-order valence-electron chi connectivity index (χ3n) is 12.0. The van der Waals surface area contributed by atoms with Crippen molar-refractivity contribution in [1.29, 1.82) is 0 Å². The molecule has 0 heterocycles. The van der Waals surface area contributed by atoms with Crippen molar-refractivity contribution in [1.82, 2.24) is 0 Å². The first kappa shape index (κ1) is 66.8. The topological polar surface area (TPSA) is 78.9 Å². The van der Waals surface area contributed by atoms with Crippen LogP contribution in [0.4, 0.5) is 0 Å². The van der Waals surface area contributed by atoms with E-state index in [4.69, 9.17) is 14.2 Å². The van der Waals surface area contributed by atoms with Gasteiger partial charge in [-0.3, -0.25) is 14.4 Å². The molecule has 0 saturated heterocycles. The number of esters is 3. The standard InChI is InChI=1S/C65H106O6/c1-4-7-10-13-16-18-20-22-24-25-26-27-28-29-30-31-32-33-34-35-36-37-38-39-41-42-44-46-49-52-55-58-64(67)70-61-62(60-69-63(66)57-54-51-48-15-12-9-6-3)71-65(68)59-56-53-50-47-45-43-40-23-21-19-17-14-11-8-5-2/h7-8,10-11,16-19,22-24,26-27,29-30,32-33,40,45,47,62H,4-6,9,12-15,20-21,25,28,31,34-39,41-44,46,48-61H2,1-3H3/b10-7-,11-8-,18-16-,19-17-,24-22-,27-26-,30-29-,33-32-,40-23-,47-45-. The zero-order valence-electron chi connectivity index (χ0n) is 45.9. The summed E-state index contributed by atoms with van der Waals surface area (Å²) in [7, 11) is 0. The van der Waals surface area contributed by atoms with Crippen LogP contribution in [-0.4, -0.2) is 37.2 Å². The number of unbranched alkanes of at least 4 members (excludes halogenated alkanes) is 20. The van der Waals surface area contributed by atoms with Crippen LogP contribution >= 0.6 is 0 Å². The summed E-state index contributed by atoms with van der Waals surface area (Å²) in [5.74, 6) is -0.949. The Balaban J connectivity index is 4.14. The van der Waals surface area contributed by atoms with Crippen LogP contribution in [0, 0.1) is 0 Å². The van der Waals surface area contributed by atoms with Gasteiger partial charge in [-0.2, -0.15) is 0 Å². The first-order valence-corrected chi connectivity index (χ1v) is 29.0. The van der Waals surface area contributed by atoms with E-state index in [1.54, 1.807) is 0 Å². The minimum Gasteiger partial charge on any atom is -0.462 e. The van der Waals surface area contributed by atoms with Crippen molar-refractivity contribution in [2.45, 2.75) is 258 Å². The van der Waals surface area contributed by atoms with Crippen LogP contribution in [0.3, 0.4) is 0 Å². The van der Waals surface area contributed by atoms with E-state index in [0.29, 0.717) is 19.3 Å². The lowest BCUT2D eigenvalue weighted by Gasteiger charge is -2.18. The van der Waals surface area contributed by atoms with Crippen molar-refractivity contribution in [3.63, 3.8) is 0 Å². The molecule has 1 atom stereocenters. The highest BCUT2D eigenvalue weighted by Crippen LogP contribution is 2.15. The molecule has 0 aliphatic heterocycles. The van der Waals surface area contributed by atoms with Crippen molar-refractivity contribution in [3.05, 3.63) is 122 Å². The van der Waals surface area contributed by atoms with Crippen molar-refractivity contribution < 1.29 is 28.6 Å². The fraction of sp³-hybridized carbons (Fsp3) is 0.646. The molecule has 0 aliphatic rings. The van der Waals surface area contributed by atoms with Crippen LogP contribution in [0.2, 0.25) is 0 Å². The minimum atomic E-state index is -0.799. The van der Waals surface area contributed by atoms with Gasteiger partial charge in [-0.1, -0.05) is 245 Å². The van der Waals surface area contributed by atoms with Gasteiger partial charge in [0.15, 0.2) is 6.10 Å². The average molecular weight is 984 g/mol. The van der Waals surface area contributed by atoms with E-state index in [2.05, 4.69) is 142 Å². The van der Waals surface area contributed by atoms with E-state index in [1.165, 1.54) is 89.9 Å². The van der Waals surface area contributed by atoms with Crippen LogP contribution in [0.5, 0.6) is 0 Å². The Morgan fingerprint density at radius 1 is 0.296 bits per heavy atom. The molecule has 0 aliphatic carbocycles. The molecule has 0 N–H and O–H groups in total. The Hall–Kier alpha value is -4.19. The number of ether oxygens (including phenoxy) is 3. The molecule has 0 fully saturated rings. The lowest BCUT2D eigenvalue weighted by Crippen LogP contribution is -2.30. The molecule has 71 heavy (non-hydrogen) atoms. The van der Waals surface area contributed by atoms with Gasteiger partial charge in [0.05, 0.1) is 0 Å². The summed E-state index contributed by atoms with van der Waals surface area (Å²) in [6, 6.07) is 0. The van der Waals surface area contributed by atoms with Gasteiger partial charge >= 0.3 is 17.9 Å². The van der Waals surface area contributed by atoms with Gasteiger partial charge in [0, 0.05) is 19.3 Å². The predicted molar refractivity (Wildman–Crippen MR) is 306 cm³/mol. The van der Waals surface area contributed by atoms with Crippen molar-refractivity contribution in [2.75, 3.05) is 13.2 Å². The Labute approximate surface area is 437 Å². The monoisotopic (exact) mass is 983 g/mol. The Morgan fingerprint density at radius 3 is 0.887 bits per heavy atom. The summed E-state index contributed by atoms with van der Waals surface area (Å²) >= 11 is 0. The zero-order chi connectivity index (χ0) is 51.4. The number of hydrogen-bond donors (Lipinski definition) is 0. The maximum absolute atomic E-state index is 12.8. The second kappa shape index (κ2) is 58.4. The van der Waals surface area contributed by atoms with E-state index >= 15 is 0 Å². The van der Waals surface area contributed by atoms with Gasteiger partial charge in [-0.05, 0) is 109 Å². The van der Waals surface area contributed by atoms with Gasteiger partial charge in [0.25, 0.3) is 0 Å². The molecule has 0 spiro atoms. The highest BCUT2D eigenvalue weighted by atomic mass is 16.6. The summed E-state index contributed by atoms with van der Waals surface area (Å²) in [6.45, 7) is 6.32. The first-order valence-electron chi connectivity index (χ1n) is 29.0.